The first kappa shape index (κ1) is 18.0. The maximum atomic E-state index is 12.4. The summed E-state index contributed by atoms with van der Waals surface area (Å²) >= 11 is 6.10. The minimum atomic E-state index is -0.196. The second kappa shape index (κ2) is 8.54. The van der Waals surface area contributed by atoms with Crippen LogP contribution in [0.15, 0.2) is 72.8 Å². The smallest absolute Gasteiger partial charge is 0.255 e. The fourth-order valence-electron chi connectivity index (χ4n) is 2.53. The van der Waals surface area contributed by atoms with Crippen LogP contribution in [0, 0.1) is 6.92 Å². The van der Waals surface area contributed by atoms with E-state index in [0.717, 1.165) is 12.0 Å². The SMILES string of the molecule is Cc1ccc(NC(=O)c2cccc(OCCc3ccccc3)c2)cc1Cl. The van der Waals surface area contributed by atoms with Gasteiger partial charge in [0.2, 0.25) is 0 Å². The predicted molar refractivity (Wildman–Crippen MR) is 106 cm³/mol. The van der Waals surface area contributed by atoms with Crippen LogP contribution in [0.5, 0.6) is 5.75 Å². The maximum Gasteiger partial charge on any atom is 0.255 e. The lowest BCUT2D eigenvalue weighted by molar-refractivity contribution is 0.102. The number of carbonyl (C=O) groups is 1. The van der Waals surface area contributed by atoms with Crippen LogP contribution in [0.25, 0.3) is 0 Å². The Morgan fingerprint density at radius 3 is 2.58 bits per heavy atom. The number of ether oxygens (including phenoxy) is 1. The molecule has 1 N–H and O–H groups in total. The number of benzene rings is 3. The standard InChI is InChI=1S/C22H20ClNO2/c1-16-10-11-19(15-21(16)23)24-22(25)18-8-5-9-20(14-18)26-13-12-17-6-3-2-4-7-17/h2-11,14-15H,12-13H2,1H3,(H,24,25). The van der Waals surface area contributed by atoms with Crippen molar-refractivity contribution >= 4 is 23.2 Å². The molecule has 3 aromatic carbocycles. The molecule has 0 spiro atoms. The van der Waals surface area contributed by atoms with Crippen LogP contribution >= 0.6 is 11.6 Å². The number of hydrogen-bond acceptors (Lipinski definition) is 2. The van der Waals surface area contributed by atoms with Crippen LogP contribution in [0.1, 0.15) is 21.5 Å². The fourth-order valence-corrected chi connectivity index (χ4v) is 2.71. The van der Waals surface area contributed by atoms with Crippen LogP contribution in [0.3, 0.4) is 0 Å². The van der Waals surface area contributed by atoms with Crippen molar-refractivity contribution in [3.63, 3.8) is 0 Å². The molecule has 0 unspecified atom stereocenters. The van der Waals surface area contributed by atoms with E-state index in [-0.39, 0.29) is 5.91 Å². The number of aryl methyl sites for hydroxylation is 1. The molecule has 4 heteroatoms. The predicted octanol–water partition coefficient (Wildman–Crippen LogP) is 5.52. The highest BCUT2D eigenvalue weighted by atomic mass is 35.5. The van der Waals surface area contributed by atoms with E-state index in [4.69, 9.17) is 16.3 Å². The fraction of sp³-hybridized carbons (Fsp3) is 0.136. The first-order chi connectivity index (χ1) is 12.6. The quantitative estimate of drug-likeness (QED) is 0.624. The summed E-state index contributed by atoms with van der Waals surface area (Å²) < 4.78 is 5.78. The molecule has 26 heavy (non-hydrogen) atoms. The third-order valence-corrected chi connectivity index (χ3v) is 4.44. The zero-order chi connectivity index (χ0) is 18.4. The van der Waals surface area contributed by atoms with E-state index in [2.05, 4.69) is 17.4 Å². The van der Waals surface area contributed by atoms with Crippen molar-refractivity contribution in [2.24, 2.45) is 0 Å². The summed E-state index contributed by atoms with van der Waals surface area (Å²) in [7, 11) is 0. The molecule has 0 atom stereocenters. The molecule has 0 saturated heterocycles. The van der Waals surface area contributed by atoms with Gasteiger partial charge in [0.05, 0.1) is 6.61 Å². The van der Waals surface area contributed by atoms with Gasteiger partial charge in [0.15, 0.2) is 0 Å². The average Bonchev–Trinajstić information content (AvgIpc) is 2.66. The van der Waals surface area contributed by atoms with Crippen LogP contribution in [0.4, 0.5) is 5.69 Å². The van der Waals surface area contributed by atoms with E-state index in [1.165, 1.54) is 5.56 Å². The number of anilines is 1. The Hall–Kier alpha value is -2.78. The van der Waals surface area contributed by atoms with Crippen molar-refractivity contribution in [3.8, 4) is 5.75 Å². The number of amides is 1. The third kappa shape index (κ3) is 4.87. The van der Waals surface area contributed by atoms with E-state index >= 15 is 0 Å². The van der Waals surface area contributed by atoms with Gasteiger partial charge < -0.3 is 10.1 Å². The second-order valence-electron chi connectivity index (χ2n) is 6.03. The number of carbonyl (C=O) groups excluding carboxylic acids is 1. The first-order valence-electron chi connectivity index (χ1n) is 8.46. The monoisotopic (exact) mass is 365 g/mol. The summed E-state index contributed by atoms with van der Waals surface area (Å²) in [6.45, 7) is 2.48. The van der Waals surface area contributed by atoms with E-state index in [0.29, 0.717) is 28.6 Å². The zero-order valence-corrected chi connectivity index (χ0v) is 15.3. The average molecular weight is 366 g/mol. The molecule has 0 aliphatic rings. The van der Waals surface area contributed by atoms with Gasteiger partial charge in [-0.3, -0.25) is 4.79 Å². The molecule has 0 aliphatic heterocycles. The molecule has 0 aromatic heterocycles. The van der Waals surface area contributed by atoms with Gasteiger partial charge in [0, 0.05) is 22.7 Å². The molecule has 0 radical (unpaired) electrons. The Morgan fingerprint density at radius 1 is 1.00 bits per heavy atom. The number of nitrogens with one attached hydrogen (secondary N) is 1. The van der Waals surface area contributed by atoms with Gasteiger partial charge in [-0.2, -0.15) is 0 Å². The number of halogens is 1. The molecular weight excluding hydrogens is 346 g/mol. The summed E-state index contributed by atoms with van der Waals surface area (Å²) in [5.41, 5.74) is 3.40. The van der Waals surface area contributed by atoms with Crippen molar-refractivity contribution < 1.29 is 9.53 Å². The lowest BCUT2D eigenvalue weighted by Gasteiger charge is -2.10. The van der Waals surface area contributed by atoms with E-state index in [1.807, 2.05) is 49.4 Å². The molecular formula is C22H20ClNO2. The lowest BCUT2D eigenvalue weighted by Crippen LogP contribution is -2.12. The van der Waals surface area contributed by atoms with Crippen LogP contribution in [-0.4, -0.2) is 12.5 Å². The van der Waals surface area contributed by atoms with Gasteiger partial charge in [-0.25, -0.2) is 0 Å². The van der Waals surface area contributed by atoms with E-state index < -0.39 is 0 Å². The van der Waals surface area contributed by atoms with Crippen molar-refractivity contribution in [1.29, 1.82) is 0 Å². The Balaban J connectivity index is 1.60. The van der Waals surface area contributed by atoms with Gasteiger partial charge in [0.25, 0.3) is 5.91 Å². The Labute approximate surface area is 158 Å². The van der Waals surface area contributed by atoms with Crippen molar-refractivity contribution in [2.45, 2.75) is 13.3 Å². The molecule has 1 amide bonds. The molecule has 0 saturated carbocycles. The lowest BCUT2D eigenvalue weighted by atomic mass is 10.1. The minimum Gasteiger partial charge on any atom is -0.493 e. The van der Waals surface area contributed by atoms with Crippen molar-refractivity contribution in [1.82, 2.24) is 0 Å². The summed E-state index contributed by atoms with van der Waals surface area (Å²) in [6.07, 6.45) is 0.819. The normalized spacial score (nSPS) is 10.4. The molecule has 0 aliphatic carbocycles. The maximum absolute atomic E-state index is 12.4. The molecule has 132 valence electrons. The summed E-state index contributed by atoms with van der Waals surface area (Å²) in [5, 5.41) is 3.48. The van der Waals surface area contributed by atoms with Crippen molar-refractivity contribution in [3.05, 3.63) is 94.5 Å². The molecule has 0 fully saturated rings. The Bertz CT molecular complexity index is 894. The van der Waals surface area contributed by atoms with E-state index in [9.17, 15) is 4.79 Å². The highest BCUT2D eigenvalue weighted by molar-refractivity contribution is 6.31. The zero-order valence-electron chi connectivity index (χ0n) is 14.5. The molecule has 3 rings (SSSR count). The van der Waals surface area contributed by atoms with Crippen LogP contribution in [-0.2, 0) is 6.42 Å². The van der Waals surface area contributed by atoms with Gasteiger partial charge in [-0.15, -0.1) is 0 Å². The topological polar surface area (TPSA) is 38.3 Å². The van der Waals surface area contributed by atoms with Crippen molar-refractivity contribution in [2.75, 3.05) is 11.9 Å². The molecule has 0 bridgehead atoms. The second-order valence-corrected chi connectivity index (χ2v) is 6.44. The Kier molecular flexibility index (Phi) is 5.92. The molecule has 3 nitrogen and oxygen atoms in total. The number of hydrogen-bond donors (Lipinski definition) is 1. The first-order valence-corrected chi connectivity index (χ1v) is 8.84. The largest absolute Gasteiger partial charge is 0.493 e. The highest BCUT2D eigenvalue weighted by Crippen LogP contribution is 2.21. The van der Waals surface area contributed by atoms with Crippen LogP contribution < -0.4 is 10.1 Å². The highest BCUT2D eigenvalue weighted by Gasteiger charge is 2.08. The summed E-state index contributed by atoms with van der Waals surface area (Å²) in [4.78, 5) is 12.4. The summed E-state index contributed by atoms with van der Waals surface area (Å²) in [5.74, 6) is 0.481. The number of rotatable bonds is 6. The summed E-state index contributed by atoms with van der Waals surface area (Å²) in [6, 6.07) is 22.8. The Morgan fingerprint density at radius 2 is 1.81 bits per heavy atom. The minimum absolute atomic E-state index is 0.196. The van der Waals surface area contributed by atoms with Gasteiger partial charge in [-0.1, -0.05) is 54.1 Å². The third-order valence-electron chi connectivity index (χ3n) is 4.03. The van der Waals surface area contributed by atoms with Gasteiger partial charge in [0.1, 0.15) is 5.75 Å². The van der Waals surface area contributed by atoms with Crippen LogP contribution in [0.2, 0.25) is 5.02 Å². The molecule has 3 aromatic rings. The van der Waals surface area contributed by atoms with E-state index in [1.54, 1.807) is 18.2 Å². The van der Waals surface area contributed by atoms with Gasteiger partial charge in [-0.05, 0) is 48.4 Å². The molecule has 0 heterocycles. The van der Waals surface area contributed by atoms with Gasteiger partial charge >= 0.3 is 0 Å².